The Morgan fingerprint density at radius 3 is 2.71 bits per heavy atom. The van der Waals surface area contributed by atoms with Crippen molar-refractivity contribution in [3.63, 3.8) is 0 Å². The zero-order valence-corrected chi connectivity index (χ0v) is 10.5. The monoisotopic (exact) mass is 233 g/mol. The van der Waals surface area contributed by atoms with Crippen LogP contribution in [0.15, 0.2) is 18.2 Å². The van der Waals surface area contributed by atoms with Crippen molar-refractivity contribution in [1.82, 2.24) is 0 Å². The highest BCUT2D eigenvalue weighted by molar-refractivity contribution is 5.43. The lowest BCUT2D eigenvalue weighted by molar-refractivity contribution is -0.0161. The van der Waals surface area contributed by atoms with E-state index in [-0.39, 0.29) is 17.3 Å². The minimum Gasteiger partial charge on any atom is -0.327 e. The second kappa shape index (κ2) is 3.55. The molecule has 2 heteroatoms. The van der Waals surface area contributed by atoms with E-state index in [1.54, 1.807) is 12.1 Å². The largest absolute Gasteiger partial charge is 0.327 e. The van der Waals surface area contributed by atoms with Gasteiger partial charge in [-0.3, -0.25) is 0 Å². The summed E-state index contributed by atoms with van der Waals surface area (Å²) < 4.78 is 13.3. The minimum absolute atomic E-state index is 0.114. The van der Waals surface area contributed by atoms with Gasteiger partial charge in [0, 0.05) is 6.04 Å². The molecule has 0 amide bonds. The number of fused-ring (bicyclic) bond motifs is 3. The normalized spacial score (nSPS) is 32.8. The Kier molecular flexibility index (Phi) is 2.34. The van der Waals surface area contributed by atoms with Gasteiger partial charge < -0.3 is 5.73 Å². The highest BCUT2D eigenvalue weighted by Crippen LogP contribution is 2.64. The summed E-state index contributed by atoms with van der Waals surface area (Å²) in [5.74, 6) is 1.01. The first kappa shape index (κ1) is 11.2. The lowest BCUT2D eigenvalue weighted by Crippen LogP contribution is -2.61. The summed E-state index contributed by atoms with van der Waals surface area (Å²) in [7, 11) is 0. The van der Waals surface area contributed by atoms with Gasteiger partial charge in [0.15, 0.2) is 0 Å². The summed E-state index contributed by atoms with van der Waals surface area (Å²) in [4.78, 5) is 0. The average Bonchev–Trinajstić information content (AvgIpc) is 2.67. The van der Waals surface area contributed by atoms with E-state index in [9.17, 15) is 4.39 Å². The number of hydrogen-bond acceptors (Lipinski definition) is 1. The molecule has 0 heterocycles. The smallest absolute Gasteiger partial charge is 0.123 e. The van der Waals surface area contributed by atoms with Crippen LogP contribution in [0.2, 0.25) is 0 Å². The highest BCUT2D eigenvalue weighted by Gasteiger charge is 2.61. The van der Waals surface area contributed by atoms with Crippen LogP contribution in [0.3, 0.4) is 0 Å². The minimum atomic E-state index is -0.114. The Morgan fingerprint density at radius 1 is 1.35 bits per heavy atom. The van der Waals surface area contributed by atoms with Crippen LogP contribution in [-0.2, 0) is 6.42 Å². The maximum absolute atomic E-state index is 13.3. The molecular formula is C15H20FN. The Labute approximate surface area is 102 Å². The topological polar surface area (TPSA) is 26.0 Å². The predicted molar refractivity (Wildman–Crippen MR) is 67.3 cm³/mol. The van der Waals surface area contributed by atoms with Crippen LogP contribution in [0.1, 0.15) is 43.7 Å². The first-order valence-corrected chi connectivity index (χ1v) is 6.68. The average molecular weight is 233 g/mol. The van der Waals surface area contributed by atoms with Crippen molar-refractivity contribution in [2.24, 2.45) is 17.1 Å². The van der Waals surface area contributed by atoms with Crippen molar-refractivity contribution in [1.29, 1.82) is 0 Å². The SMILES string of the molecule is CCC1(CC)C(N)C2Cc3cc(F)ccc3C21. The van der Waals surface area contributed by atoms with Gasteiger partial charge in [-0.15, -0.1) is 0 Å². The summed E-state index contributed by atoms with van der Waals surface area (Å²) in [5, 5.41) is 0. The zero-order chi connectivity index (χ0) is 12.2. The van der Waals surface area contributed by atoms with Gasteiger partial charge in [0.2, 0.25) is 0 Å². The molecule has 1 aromatic carbocycles. The summed E-state index contributed by atoms with van der Waals surface area (Å²) >= 11 is 0. The number of halogens is 1. The van der Waals surface area contributed by atoms with E-state index in [2.05, 4.69) is 13.8 Å². The second-order valence-electron chi connectivity index (χ2n) is 5.65. The van der Waals surface area contributed by atoms with Gasteiger partial charge in [0.1, 0.15) is 5.82 Å². The molecule has 0 spiro atoms. The molecule has 2 aliphatic rings. The number of nitrogens with two attached hydrogens (primary N) is 1. The van der Waals surface area contributed by atoms with E-state index in [0.29, 0.717) is 11.8 Å². The Morgan fingerprint density at radius 2 is 2.06 bits per heavy atom. The molecule has 0 aromatic heterocycles. The van der Waals surface area contributed by atoms with Crippen molar-refractivity contribution in [3.05, 3.63) is 35.1 Å². The summed E-state index contributed by atoms with van der Waals surface area (Å²) in [6.45, 7) is 4.47. The van der Waals surface area contributed by atoms with Gasteiger partial charge in [-0.1, -0.05) is 19.9 Å². The predicted octanol–water partition coefficient (Wildman–Crippen LogP) is 3.23. The van der Waals surface area contributed by atoms with Crippen LogP contribution in [0, 0.1) is 17.2 Å². The molecule has 3 rings (SSSR count). The van der Waals surface area contributed by atoms with Gasteiger partial charge >= 0.3 is 0 Å². The molecular weight excluding hydrogens is 213 g/mol. The molecule has 1 aromatic rings. The van der Waals surface area contributed by atoms with E-state index in [1.807, 2.05) is 6.07 Å². The molecule has 17 heavy (non-hydrogen) atoms. The molecule has 92 valence electrons. The van der Waals surface area contributed by atoms with Crippen LogP contribution < -0.4 is 5.73 Å². The third-order valence-corrected chi connectivity index (χ3v) is 5.38. The first-order valence-electron chi connectivity index (χ1n) is 6.68. The third-order valence-electron chi connectivity index (χ3n) is 5.38. The molecule has 2 aliphatic carbocycles. The third kappa shape index (κ3) is 1.22. The van der Waals surface area contributed by atoms with Crippen LogP contribution in [-0.4, -0.2) is 6.04 Å². The molecule has 3 unspecified atom stereocenters. The lowest BCUT2D eigenvalue weighted by Gasteiger charge is -2.58. The summed E-state index contributed by atoms with van der Waals surface area (Å²) in [6.07, 6.45) is 3.23. The lowest BCUT2D eigenvalue weighted by atomic mass is 9.48. The van der Waals surface area contributed by atoms with Crippen molar-refractivity contribution < 1.29 is 4.39 Å². The van der Waals surface area contributed by atoms with E-state index in [1.165, 1.54) is 11.1 Å². The zero-order valence-electron chi connectivity index (χ0n) is 10.5. The summed E-state index contributed by atoms with van der Waals surface area (Å²) in [6, 6.07) is 5.58. The molecule has 3 atom stereocenters. The molecule has 0 saturated heterocycles. The van der Waals surface area contributed by atoms with Crippen molar-refractivity contribution in [2.45, 2.75) is 45.1 Å². The Hall–Kier alpha value is -0.890. The van der Waals surface area contributed by atoms with Crippen molar-refractivity contribution in [2.75, 3.05) is 0 Å². The van der Waals surface area contributed by atoms with E-state index in [0.717, 1.165) is 19.3 Å². The number of hydrogen-bond donors (Lipinski definition) is 1. The number of benzene rings is 1. The molecule has 0 aliphatic heterocycles. The van der Waals surface area contributed by atoms with Crippen LogP contribution in [0.4, 0.5) is 4.39 Å². The first-order chi connectivity index (χ1) is 8.14. The van der Waals surface area contributed by atoms with E-state index in [4.69, 9.17) is 5.73 Å². The fourth-order valence-corrected chi connectivity index (χ4v) is 4.40. The van der Waals surface area contributed by atoms with Crippen LogP contribution in [0.5, 0.6) is 0 Å². The van der Waals surface area contributed by atoms with E-state index >= 15 is 0 Å². The summed E-state index contributed by atoms with van der Waals surface area (Å²) in [5.41, 5.74) is 9.20. The van der Waals surface area contributed by atoms with Gasteiger partial charge in [-0.2, -0.15) is 0 Å². The van der Waals surface area contributed by atoms with E-state index < -0.39 is 0 Å². The van der Waals surface area contributed by atoms with Gasteiger partial charge in [0.05, 0.1) is 0 Å². The molecule has 2 N–H and O–H groups in total. The quantitative estimate of drug-likeness (QED) is 0.834. The van der Waals surface area contributed by atoms with Gasteiger partial charge in [-0.25, -0.2) is 4.39 Å². The van der Waals surface area contributed by atoms with Gasteiger partial charge in [-0.05, 0) is 59.8 Å². The maximum Gasteiger partial charge on any atom is 0.123 e. The van der Waals surface area contributed by atoms with Crippen molar-refractivity contribution in [3.8, 4) is 0 Å². The molecule has 1 nitrogen and oxygen atoms in total. The maximum atomic E-state index is 13.3. The standard InChI is InChI=1S/C15H20FN/c1-3-15(4-2)13-11-6-5-10(16)7-9(11)8-12(13)14(15)17/h5-7,12-14H,3-4,8,17H2,1-2H3. The second-order valence-corrected chi connectivity index (χ2v) is 5.65. The molecule has 1 saturated carbocycles. The van der Waals surface area contributed by atoms with Crippen LogP contribution in [0.25, 0.3) is 0 Å². The van der Waals surface area contributed by atoms with Gasteiger partial charge in [0.25, 0.3) is 0 Å². The Balaban J connectivity index is 2.05. The number of rotatable bonds is 2. The molecule has 0 bridgehead atoms. The fraction of sp³-hybridized carbons (Fsp3) is 0.600. The van der Waals surface area contributed by atoms with Crippen molar-refractivity contribution >= 4 is 0 Å². The molecule has 1 fully saturated rings. The fourth-order valence-electron chi connectivity index (χ4n) is 4.40. The molecule has 0 radical (unpaired) electrons. The highest BCUT2D eigenvalue weighted by atomic mass is 19.1. The van der Waals surface area contributed by atoms with Crippen LogP contribution >= 0.6 is 0 Å². The Bertz CT molecular complexity index is 450.